The Morgan fingerprint density at radius 3 is 3.06 bits per heavy atom. The fourth-order valence-electron chi connectivity index (χ4n) is 1.17. The monoisotopic (exact) mass is 251 g/mol. The molecule has 0 fully saturated rings. The number of hydrogen-bond donors (Lipinski definition) is 0. The van der Waals surface area contributed by atoms with Crippen LogP contribution in [0.4, 0.5) is 0 Å². The SMILES string of the molecule is C#C/C=C/[C@@H](Cc1nc(C(=O)OC)cs1)OC. The largest absolute Gasteiger partial charge is 0.464 e. The van der Waals surface area contributed by atoms with Gasteiger partial charge in [0.2, 0.25) is 0 Å². The summed E-state index contributed by atoms with van der Waals surface area (Å²) in [6.45, 7) is 0. The van der Waals surface area contributed by atoms with E-state index in [0.29, 0.717) is 12.1 Å². The molecule has 1 aromatic heterocycles. The van der Waals surface area contributed by atoms with Crippen LogP contribution in [0.2, 0.25) is 0 Å². The first-order chi connectivity index (χ1) is 8.21. The Labute approximate surface area is 104 Å². The van der Waals surface area contributed by atoms with Gasteiger partial charge in [0.25, 0.3) is 0 Å². The Morgan fingerprint density at radius 2 is 2.47 bits per heavy atom. The van der Waals surface area contributed by atoms with Gasteiger partial charge in [0.15, 0.2) is 5.69 Å². The molecule has 0 amide bonds. The van der Waals surface area contributed by atoms with Gasteiger partial charge in [-0.3, -0.25) is 0 Å². The molecule has 0 aliphatic rings. The van der Waals surface area contributed by atoms with Gasteiger partial charge >= 0.3 is 5.97 Å². The molecule has 1 aromatic rings. The lowest BCUT2D eigenvalue weighted by Gasteiger charge is -2.07. The summed E-state index contributed by atoms with van der Waals surface area (Å²) < 4.78 is 9.80. The number of esters is 1. The van der Waals surface area contributed by atoms with Crippen LogP contribution in [0.1, 0.15) is 15.5 Å². The molecule has 0 radical (unpaired) electrons. The fraction of sp³-hybridized carbons (Fsp3) is 0.333. The van der Waals surface area contributed by atoms with Gasteiger partial charge in [-0.1, -0.05) is 5.92 Å². The number of hydrogen-bond acceptors (Lipinski definition) is 5. The maximum atomic E-state index is 11.2. The molecule has 0 saturated heterocycles. The van der Waals surface area contributed by atoms with Crippen LogP contribution in [-0.4, -0.2) is 31.3 Å². The summed E-state index contributed by atoms with van der Waals surface area (Å²) in [5.41, 5.74) is 0.322. The molecule has 1 rings (SSSR count). The van der Waals surface area contributed by atoms with E-state index in [0.717, 1.165) is 5.01 Å². The minimum atomic E-state index is -0.430. The Bertz CT molecular complexity index is 445. The van der Waals surface area contributed by atoms with Crippen LogP contribution in [0, 0.1) is 12.3 Å². The van der Waals surface area contributed by atoms with Crippen molar-refractivity contribution in [2.24, 2.45) is 0 Å². The Morgan fingerprint density at radius 1 is 1.71 bits per heavy atom. The van der Waals surface area contributed by atoms with E-state index in [1.807, 2.05) is 0 Å². The molecule has 0 N–H and O–H groups in total. The van der Waals surface area contributed by atoms with Gasteiger partial charge in [-0.05, 0) is 12.2 Å². The van der Waals surface area contributed by atoms with Gasteiger partial charge in [0.1, 0.15) is 0 Å². The number of nitrogens with zero attached hydrogens (tertiary/aromatic N) is 1. The molecule has 1 atom stereocenters. The van der Waals surface area contributed by atoms with E-state index in [-0.39, 0.29) is 6.10 Å². The molecule has 0 bridgehead atoms. The van der Waals surface area contributed by atoms with E-state index >= 15 is 0 Å². The highest BCUT2D eigenvalue weighted by atomic mass is 32.1. The first kappa shape index (κ1) is 13.4. The number of rotatable bonds is 5. The highest BCUT2D eigenvalue weighted by Crippen LogP contribution is 2.14. The second-order valence-corrected chi connectivity index (χ2v) is 4.06. The van der Waals surface area contributed by atoms with Crippen molar-refractivity contribution in [1.82, 2.24) is 4.98 Å². The van der Waals surface area contributed by atoms with Crippen molar-refractivity contribution in [3.63, 3.8) is 0 Å². The standard InChI is InChI=1S/C12H13NO3S/c1-4-5-6-9(15-2)7-11-13-10(8-17-11)12(14)16-3/h1,5-6,8-9H,7H2,2-3H3/b6-5+/t9-/m0/s1. The van der Waals surface area contributed by atoms with E-state index in [9.17, 15) is 4.79 Å². The average Bonchev–Trinajstić information content (AvgIpc) is 2.81. The quantitative estimate of drug-likeness (QED) is 0.590. The molecule has 0 aliphatic heterocycles. The molecule has 90 valence electrons. The third-order valence-corrected chi connectivity index (χ3v) is 2.90. The number of ether oxygens (including phenoxy) is 2. The molecule has 17 heavy (non-hydrogen) atoms. The molecular weight excluding hydrogens is 238 g/mol. The third kappa shape index (κ3) is 4.02. The molecule has 0 aliphatic carbocycles. The highest BCUT2D eigenvalue weighted by molar-refractivity contribution is 7.09. The smallest absolute Gasteiger partial charge is 0.357 e. The Balaban J connectivity index is 2.68. The van der Waals surface area contributed by atoms with Crippen LogP contribution < -0.4 is 0 Å². The molecule has 4 nitrogen and oxygen atoms in total. The fourth-order valence-corrected chi connectivity index (χ4v) is 1.98. The zero-order valence-electron chi connectivity index (χ0n) is 9.67. The van der Waals surface area contributed by atoms with E-state index in [4.69, 9.17) is 11.2 Å². The topological polar surface area (TPSA) is 48.4 Å². The van der Waals surface area contributed by atoms with Crippen molar-refractivity contribution in [3.05, 3.63) is 28.2 Å². The van der Waals surface area contributed by atoms with Crippen molar-refractivity contribution < 1.29 is 14.3 Å². The van der Waals surface area contributed by atoms with Gasteiger partial charge in [-0.15, -0.1) is 17.8 Å². The summed E-state index contributed by atoms with van der Waals surface area (Å²) in [4.78, 5) is 15.4. The van der Waals surface area contributed by atoms with Crippen LogP contribution in [-0.2, 0) is 15.9 Å². The van der Waals surface area contributed by atoms with E-state index in [1.54, 1.807) is 24.6 Å². The summed E-state index contributed by atoms with van der Waals surface area (Å²) in [7, 11) is 2.93. The lowest BCUT2D eigenvalue weighted by atomic mass is 10.2. The molecule has 0 aromatic carbocycles. The van der Waals surface area contributed by atoms with E-state index in [1.165, 1.54) is 18.4 Å². The average molecular weight is 251 g/mol. The maximum absolute atomic E-state index is 11.2. The van der Waals surface area contributed by atoms with Crippen molar-refractivity contribution >= 4 is 17.3 Å². The number of thiazole rings is 1. The first-order valence-electron chi connectivity index (χ1n) is 4.89. The van der Waals surface area contributed by atoms with Gasteiger partial charge in [-0.2, -0.15) is 0 Å². The van der Waals surface area contributed by atoms with Gasteiger partial charge in [-0.25, -0.2) is 9.78 Å². The number of carbonyl (C=O) groups excluding carboxylic acids is 1. The molecule has 0 unspecified atom stereocenters. The number of methoxy groups -OCH3 is 2. The summed E-state index contributed by atoms with van der Waals surface area (Å²) in [5, 5.41) is 2.47. The number of carbonyl (C=O) groups is 1. The van der Waals surface area contributed by atoms with Crippen molar-refractivity contribution in [2.75, 3.05) is 14.2 Å². The van der Waals surface area contributed by atoms with Crippen molar-refractivity contribution in [1.29, 1.82) is 0 Å². The summed E-state index contributed by atoms with van der Waals surface area (Å²) >= 11 is 1.39. The Kier molecular flexibility index (Phi) is 5.40. The van der Waals surface area contributed by atoms with Crippen molar-refractivity contribution in [2.45, 2.75) is 12.5 Å². The van der Waals surface area contributed by atoms with Crippen LogP contribution in [0.15, 0.2) is 17.5 Å². The van der Waals surface area contributed by atoms with Crippen LogP contribution in [0.3, 0.4) is 0 Å². The number of terminal acetylenes is 1. The summed E-state index contributed by atoms with van der Waals surface area (Å²) in [5.74, 6) is 1.97. The van der Waals surface area contributed by atoms with Crippen LogP contribution in [0.5, 0.6) is 0 Å². The molecule has 1 heterocycles. The lowest BCUT2D eigenvalue weighted by molar-refractivity contribution is 0.0594. The normalized spacial score (nSPS) is 12.3. The first-order valence-corrected chi connectivity index (χ1v) is 5.77. The van der Waals surface area contributed by atoms with Gasteiger partial charge < -0.3 is 9.47 Å². The van der Waals surface area contributed by atoms with Gasteiger partial charge in [0, 0.05) is 18.9 Å². The zero-order valence-corrected chi connectivity index (χ0v) is 10.5. The second kappa shape index (κ2) is 6.84. The van der Waals surface area contributed by atoms with E-state index < -0.39 is 5.97 Å². The van der Waals surface area contributed by atoms with Gasteiger partial charge in [0.05, 0.1) is 18.2 Å². The predicted molar refractivity (Wildman–Crippen MR) is 65.9 cm³/mol. The van der Waals surface area contributed by atoms with Crippen LogP contribution in [0.25, 0.3) is 0 Å². The minimum Gasteiger partial charge on any atom is -0.464 e. The van der Waals surface area contributed by atoms with Crippen molar-refractivity contribution in [3.8, 4) is 12.3 Å². The summed E-state index contributed by atoms with van der Waals surface area (Å²) in [6.07, 6.45) is 8.93. The number of aromatic nitrogens is 1. The lowest BCUT2D eigenvalue weighted by Crippen LogP contribution is -2.11. The predicted octanol–water partition coefficient (Wildman–Crippen LogP) is 1.68. The number of allylic oxidation sites excluding steroid dienone is 1. The zero-order chi connectivity index (χ0) is 12.7. The van der Waals surface area contributed by atoms with E-state index in [2.05, 4.69) is 15.6 Å². The molecule has 0 spiro atoms. The summed E-state index contributed by atoms with van der Waals surface area (Å²) in [6, 6.07) is 0. The second-order valence-electron chi connectivity index (χ2n) is 3.12. The highest BCUT2D eigenvalue weighted by Gasteiger charge is 2.13. The molecule has 0 saturated carbocycles. The molecular formula is C12H13NO3S. The maximum Gasteiger partial charge on any atom is 0.357 e. The minimum absolute atomic E-state index is 0.136. The molecule has 5 heteroatoms. The van der Waals surface area contributed by atoms with Crippen LogP contribution >= 0.6 is 11.3 Å². The third-order valence-electron chi connectivity index (χ3n) is 2.03. The Hall–Kier alpha value is -1.64.